The summed E-state index contributed by atoms with van der Waals surface area (Å²) in [5.74, 6) is 0.119. The Bertz CT molecular complexity index is 695. The number of hydrogen-bond acceptors (Lipinski definition) is 3. The standard InChI is InChI=1S/C18H20FN2O2/c1-5-21(17(22)23-18(2,3)4)16-12-14(9-10-20-16)13-7-6-8-15(19)11-13/h6,8-12H,5H2,1-4H3. The van der Waals surface area contributed by atoms with E-state index in [0.717, 1.165) is 5.56 Å². The Hall–Kier alpha value is -2.43. The Morgan fingerprint density at radius 2 is 2.09 bits per heavy atom. The van der Waals surface area contributed by atoms with Gasteiger partial charge in [-0.3, -0.25) is 4.90 Å². The highest BCUT2D eigenvalue weighted by Crippen LogP contribution is 2.24. The van der Waals surface area contributed by atoms with Gasteiger partial charge in [-0.2, -0.15) is 0 Å². The maximum atomic E-state index is 13.4. The van der Waals surface area contributed by atoms with Crippen molar-refractivity contribution in [3.63, 3.8) is 0 Å². The van der Waals surface area contributed by atoms with Crippen molar-refractivity contribution in [2.45, 2.75) is 33.3 Å². The first kappa shape index (κ1) is 16.9. The van der Waals surface area contributed by atoms with Crippen LogP contribution in [0, 0.1) is 11.9 Å². The fourth-order valence-electron chi connectivity index (χ4n) is 2.04. The second-order valence-electron chi connectivity index (χ2n) is 6.05. The Morgan fingerprint density at radius 1 is 1.35 bits per heavy atom. The summed E-state index contributed by atoms with van der Waals surface area (Å²) in [6.45, 7) is 7.68. The average Bonchev–Trinajstić information content (AvgIpc) is 2.46. The second-order valence-corrected chi connectivity index (χ2v) is 6.05. The molecule has 4 nitrogen and oxygen atoms in total. The van der Waals surface area contributed by atoms with Crippen LogP contribution in [0.3, 0.4) is 0 Å². The third kappa shape index (κ3) is 4.52. The molecule has 23 heavy (non-hydrogen) atoms. The SMILES string of the molecule is CCN(C(=O)OC(C)(C)C)c1cc(-c2[c]ccc(F)c2)ccn1. The van der Waals surface area contributed by atoms with Crippen molar-refractivity contribution in [1.29, 1.82) is 0 Å². The molecule has 0 fully saturated rings. The Morgan fingerprint density at radius 3 is 2.70 bits per heavy atom. The van der Waals surface area contributed by atoms with E-state index in [1.807, 2.05) is 27.7 Å². The van der Waals surface area contributed by atoms with Crippen molar-refractivity contribution < 1.29 is 13.9 Å². The lowest BCUT2D eigenvalue weighted by Gasteiger charge is -2.26. The number of amides is 1. The number of aromatic nitrogens is 1. The highest BCUT2D eigenvalue weighted by atomic mass is 19.1. The summed E-state index contributed by atoms with van der Waals surface area (Å²) in [6.07, 6.45) is 1.11. The summed E-state index contributed by atoms with van der Waals surface area (Å²) in [7, 11) is 0. The number of carbonyl (C=O) groups is 1. The summed E-state index contributed by atoms with van der Waals surface area (Å²) < 4.78 is 18.8. The lowest BCUT2D eigenvalue weighted by Crippen LogP contribution is -2.37. The zero-order valence-corrected chi connectivity index (χ0v) is 13.8. The number of hydrogen-bond donors (Lipinski definition) is 0. The maximum absolute atomic E-state index is 13.4. The van der Waals surface area contributed by atoms with E-state index in [-0.39, 0.29) is 5.82 Å². The number of anilines is 1. The zero-order chi connectivity index (χ0) is 17.0. The molecule has 5 heteroatoms. The molecule has 0 aliphatic rings. The average molecular weight is 315 g/mol. The van der Waals surface area contributed by atoms with E-state index < -0.39 is 11.7 Å². The molecule has 1 radical (unpaired) electrons. The lowest BCUT2D eigenvalue weighted by molar-refractivity contribution is 0.0581. The van der Waals surface area contributed by atoms with Gasteiger partial charge in [-0.05, 0) is 69.2 Å². The van der Waals surface area contributed by atoms with Crippen LogP contribution in [0.5, 0.6) is 0 Å². The molecule has 0 spiro atoms. The quantitative estimate of drug-likeness (QED) is 0.840. The molecule has 1 aromatic heterocycles. The maximum Gasteiger partial charge on any atom is 0.415 e. The van der Waals surface area contributed by atoms with Gasteiger partial charge >= 0.3 is 6.09 Å². The van der Waals surface area contributed by atoms with Gasteiger partial charge in [0.1, 0.15) is 17.2 Å². The van der Waals surface area contributed by atoms with Crippen molar-refractivity contribution in [2.75, 3.05) is 11.4 Å². The topological polar surface area (TPSA) is 42.4 Å². The lowest BCUT2D eigenvalue weighted by atomic mass is 10.1. The highest BCUT2D eigenvalue weighted by molar-refractivity contribution is 5.87. The van der Waals surface area contributed by atoms with E-state index in [2.05, 4.69) is 11.1 Å². The monoisotopic (exact) mass is 315 g/mol. The summed E-state index contributed by atoms with van der Waals surface area (Å²) in [5.41, 5.74) is 0.753. The second kappa shape index (κ2) is 6.77. The van der Waals surface area contributed by atoms with Crippen molar-refractivity contribution in [1.82, 2.24) is 4.98 Å². The van der Waals surface area contributed by atoms with E-state index in [4.69, 9.17) is 4.74 Å². The van der Waals surface area contributed by atoms with Crippen LogP contribution in [0.4, 0.5) is 15.0 Å². The van der Waals surface area contributed by atoms with Gasteiger partial charge in [0.15, 0.2) is 0 Å². The van der Waals surface area contributed by atoms with Crippen molar-refractivity contribution in [3.05, 3.63) is 48.4 Å². The van der Waals surface area contributed by atoms with Crippen molar-refractivity contribution in [2.24, 2.45) is 0 Å². The van der Waals surface area contributed by atoms with Crippen LogP contribution in [0.2, 0.25) is 0 Å². The van der Waals surface area contributed by atoms with Gasteiger partial charge in [-0.15, -0.1) is 0 Å². The number of carbonyl (C=O) groups excluding carboxylic acids is 1. The molecule has 0 aliphatic heterocycles. The normalized spacial score (nSPS) is 11.2. The van der Waals surface area contributed by atoms with Gasteiger partial charge in [0.2, 0.25) is 0 Å². The van der Waals surface area contributed by atoms with Crippen LogP contribution in [0.25, 0.3) is 11.1 Å². The third-order valence-corrected chi connectivity index (χ3v) is 3.03. The van der Waals surface area contributed by atoms with Crippen LogP contribution in [0.1, 0.15) is 27.7 Å². The Balaban J connectivity index is 2.32. The molecule has 2 rings (SSSR count). The number of nitrogens with zero attached hydrogens (tertiary/aromatic N) is 2. The van der Waals surface area contributed by atoms with Crippen LogP contribution >= 0.6 is 0 Å². The van der Waals surface area contributed by atoms with Gasteiger partial charge < -0.3 is 4.74 Å². The van der Waals surface area contributed by atoms with E-state index in [9.17, 15) is 9.18 Å². The Kier molecular flexibility index (Phi) is 4.98. The molecule has 1 aromatic carbocycles. The van der Waals surface area contributed by atoms with Crippen molar-refractivity contribution >= 4 is 11.9 Å². The molecule has 0 aliphatic carbocycles. The molecule has 0 bridgehead atoms. The third-order valence-electron chi connectivity index (χ3n) is 3.03. The molecular weight excluding hydrogens is 295 g/mol. The summed E-state index contributed by atoms with van der Waals surface area (Å²) in [6, 6.07) is 10.7. The molecule has 0 unspecified atom stereocenters. The predicted octanol–water partition coefficient (Wildman–Crippen LogP) is 4.45. The first-order valence-electron chi connectivity index (χ1n) is 7.44. The molecule has 0 saturated carbocycles. The van der Waals surface area contributed by atoms with E-state index in [0.29, 0.717) is 17.9 Å². The van der Waals surface area contributed by atoms with Crippen LogP contribution < -0.4 is 4.90 Å². The van der Waals surface area contributed by atoms with Gasteiger partial charge in [0, 0.05) is 12.7 Å². The summed E-state index contributed by atoms with van der Waals surface area (Å²) in [5, 5.41) is 0. The fourth-order valence-corrected chi connectivity index (χ4v) is 2.04. The fraction of sp³-hybridized carbons (Fsp3) is 0.333. The number of benzene rings is 1. The minimum atomic E-state index is -0.585. The van der Waals surface area contributed by atoms with Gasteiger partial charge in [0.25, 0.3) is 0 Å². The minimum Gasteiger partial charge on any atom is -0.443 e. The van der Waals surface area contributed by atoms with Gasteiger partial charge in [-0.25, -0.2) is 14.2 Å². The molecule has 1 amide bonds. The Labute approximate surface area is 135 Å². The van der Waals surface area contributed by atoms with E-state index >= 15 is 0 Å². The molecule has 1 heterocycles. The summed E-state index contributed by atoms with van der Waals surface area (Å²) in [4.78, 5) is 18.0. The molecule has 0 N–H and O–H groups in total. The van der Waals surface area contributed by atoms with Crippen LogP contribution in [-0.4, -0.2) is 23.2 Å². The number of ether oxygens (including phenoxy) is 1. The highest BCUT2D eigenvalue weighted by Gasteiger charge is 2.23. The molecular formula is C18H20FN2O2. The first-order valence-corrected chi connectivity index (χ1v) is 7.44. The predicted molar refractivity (Wildman–Crippen MR) is 87.7 cm³/mol. The van der Waals surface area contributed by atoms with Crippen LogP contribution in [-0.2, 0) is 4.74 Å². The van der Waals surface area contributed by atoms with E-state index in [1.165, 1.54) is 23.1 Å². The van der Waals surface area contributed by atoms with Gasteiger partial charge in [-0.1, -0.05) is 6.07 Å². The van der Waals surface area contributed by atoms with Crippen molar-refractivity contribution in [3.8, 4) is 11.1 Å². The molecule has 0 atom stereocenters. The zero-order valence-electron chi connectivity index (χ0n) is 13.8. The first-order chi connectivity index (χ1) is 10.8. The van der Waals surface area contributed by atoms with Crippen LogP contribution in [0.15, 0.2) is 36.5 Å². The van der Waals surface area contributed by atoms with Gasteiger partial charge in [0.05, 0.1) is 0 Å². The smallest absolute Gasteiger partial charge is 0.415 e. The van der Waals surface area contributed by atoms with E-state index in [1.54, 1.807) is 18.3 Å². The number of pyridine rings is 1. The molecule has 2 aromatic rings. The largest absolute Gasteiger partial charge is 0.443 e. The minimum absolute atomic E-state index is 0.336. The number of rotatable bonds is 3. The molecule has 0 saturated heterocycles. The summed E-state index contributed by atoms with van der Waals surface area (Å²) >= 11 is 0. The number of halogens is 1. The molecule has 121 valence electrons.